The Labute approximate surface area is 128 Å². The standard InChI is InChI=1S/C17H18N4O/c1-11(2)21-10-14(9-19-21)20-17(22)15-7-12-5-3-4-6-13(12)8-16(15)18/h3-11H,18H2,1-2H3,(H,20,22). The van der Waals surface area contributed by atoms with Crippen molar-refractivity contribution >= 4 is 28.1 Å². The normalized spacial score (nSPS) is 11.0. The van der Waals surface area contributed by atoms with Gasteiger partial charge in [0.25, 0.3) is 5.91 Å². The van der Waals surface area contributed by atoms with Crippen molar-refractivity contribution in [1.82, 2.24) is 9.78 Å². The van der Waals surface area contributed by atoms with Gasteiger partial charge in [0.1, 0.15) is 0 Å². The molecule has 2 aromatic carbocycles. The van der Waals surface area contributed by atoms with Crippen LogP contribution in [0.5, 0.6) is 0 Å². The van der Waals surface area contributed by atoms with Crippen LogP contribution < -0.4 is 11.1 Å². The third-order valence-electron chi connectivity index (χ3n) is 3.55. The van der Waals surface area contributed by atoms with Crippen LogP contribution in [0.3, 0.4) is 0 Å². The maximum atomic E-state index is 12.4. The molecule has 3 aromatic rings. The number of carbonyl (C=O) groups excluding carboxylic acids is 1. The molecule has 3 rings (SSSR count). The Kier molecular flexibility index (Phi) is 3.55. The molecule has 0 aliphatic carbocycles. The smallest absolute Gasteiger partial charge is 0.257 e. The Bertz CT molecular complexity index is 836. The summed E-state index contributed by atoms with van der Waals surface area (Å²) in [4.78, 5) is 12.4. The minimum absolute atomic E-state index is 0.230. The maximum absolute atomic E-state index is 12.4. The zero-order valence-corrected chi connectivity index (χ0v) is 12.6. The Hall–Kier alpha value is -2.82. The summed E-state index contributed by atoms with van der Waals surface area (Å²) in [7, 11) is 0. The molecule has 0 fully saturated rings. The number of aromatic nitrogens is 2. The lowest BCUT2D eigenvalue weighted by Gasteiger charge is -2.08. The maximum Gasteiger partial charge on any atom is 0.257 e. The predicted octanol–water partition coefficient (Wildman–Crippen LogP) is 3.45. The number of anilines is 2. The third kappa shape index (κ3) is 2.65. The van der Waals surface area contributed by atoms with Crippen LogP contribution in [0.4, 0.5) is 11.4 Å². The van der Waals surface area contributed by atoms with Crippen LogP contribution >= 0.6 is 0 Å². The van der Waals surface area contributed by atoms with Crippen LogP contribution in [0.25, 0.3) is 10.8 Å². The van der Waals surface area contributed by atoms with Crippen LogP contribution in [-0.4, -0.2) is 15.7 Å². The molecule has 1 amide bonds. The minimum atomic E-state index is -0.230. The second-order valence-electron chi connectivity index (χ2n) is 5.54. The monoisotopic (exact) mass is 294 g/mol. The Morgan fingerprint density at radius 3 is 2.55 bits per heavy atom. The van der Waals surface area contributed by atoms with Crippen LogP contribution in [0.2, 0.25) is 0 Å². The molecule has 0 unspecified atom stereocenters. The van der Waals surface area contributed by atoms with Gasteiger partial charge in [-0.25, -0.2) is 0 Å². The van der Waals surface area contributed by atoms with E-state index in [0.29, 0.717) is 16.9 Å². The van der Waals surface area contributed by atoms with Crippen molar-refractivity contribution in [3.63, 3.8) is 0 Å². The lowest BCUT2D eigenvalue weighted by molar-refractivity contribution is 0.102. The molecule has 0 bridgehead atoms. The Morgan fingerprint density at radius 2 is 1.91 bits per heavy atom. The van der Waals surface area contributed by atoms with Crippen LogP contribution in [0.1, 0.15) is 30.2 Å². The Morgan fingerprint density at radius 1 is 1.23 bits per heavy atom. The van der Waals surface area contributed by atoms with E-state index in [1.165, 1.54) is 0 Å². The molecule has 1 heterocycles. The number of nitrogens with zero attached hydrogens (tertiary/aromatic N) is 2. The average Bonchev–Trinajstić information content (AvgIpc) is 2.95. The summed E-state index contributed by atoms with van der Waals surface area (Å²) in [5, 5.41) is 9.05. The number of hydrogen-bond donors (Lipinski definition) is 2. The number of nitrogens with one attached hydrogen (secondary N) is 1. The van der Waals surface area contributed by atoms with Gasteiger partial charge in [-0.1, -0.05) is 24.3 Å². The highest BCUT2D eigenvalue weighted by Gasteiger charge is 2.12. The van der Waals surface area contributed by atoms with Gasteiger partial charge in [-0.3, -0.25) is 9.48 Å². The minimum Gasteiger partial charge on any atom is -0.398 e. The lowest BCUT2D eigenvalue weighted by Crippen LogP contribution is -2.13. The number of fused-ring (bicyclic) bond motifs is 1. The van der Waals surface area contributed by atoms with Gasteiger partial charge in [-0.2, -0.15) is 5.10 Å². The van der Waals surface area contributed by atoms with Gasteiger partial charge in [0.2, 0.25) is 0 Å². The molecule has 5 nitrogen and oxygen atoms in total. The third-order valence-corrected chi connectivity index (χ3v) is 3.55. The number of benzene rings is 2. The van der Waals surface area contributed by atoms with E-state index in [9.17, 15) is 4.79 Å². The van der Waals surface area contributed by atoms with E-state index in [4.69, 9.17) is 5.73 Å². The van der Waals surface area contributed by atoms with Crippen molar-refractivity contribution in [3.05, 3.63) is 54.4 Å². The second-order valence-corrected chi connectivity index (χ2v) is 5.54. The van der Waals surface area contributed by atoms with Gasteiger partial charge in [0.15, 0.2) is 0 Å². The summed E-state index contributed by atoms with van der Waals surface area (Å²) >= 11 is 0. The summed E-state index contributed by atoms with van der Waals surface area (Å²) in [5.41, 5.74) is 7.61. The number of nitrogens with two attached hydrogens (primary N) is 1. The van der Waals surface area contributed by atoms with Gasteiger partial charge in [-0.15, -0.1) is 0 Å². The quantitative estimate of drug-likeness (QED) is 0.727. The van der Waals surface area contributed by atoms with E-state index in [-0.39, 0.29) is 11.9 Å². The van der Waals surface area contributed by atoms with Gasteiger partial charge >= 0.3 is 0 Å². The molecule has 0 spiro atoms. The number of hydrogen-bond acceptors (Lipinski definition) is 3. The molecular formula is C17H18N4O. The molecular weight excluding hydrogens is 276 g/mol. The van der Waals surface area contributed by atoms with Crippen molar-refractivity contribution in [3.8, 4) is 0 Å². The number of amides is 1. The summed E-state index contributed by atoms with van der Waals surface area (Å²) in [5.74, 6) is -0.230. The molecule has 3 N–H and O–H groups in total. The van der Waals surface area contributed by atoms with E-state index in [1.54, 1.807) is 17.1 Å². The fourth-order valence-electron chi connectivity index (χ4n) is 2.34. The van der Waals surface area contributed by atoms with E-state index in [2.05, 4.69) is 10.4 Å². The van der Waals surface area contributed by atoms with Crippen molar-refractivity contribution in [2.75, 3.05) is 11.1 Å². The van der Waals surface area contributed by atoms with Gasteiger partial charge in [-0.05, 0) is 36.8 Å². The zero-order valence-electron chi connectivity index (χ0n) is 12.6. The summed E-state index contributed by atoms with van der Waals surface area (Å²) in [6.07, 6.45) is 3.44. The first-order chi connectivity index (χ1) is 10.5. The first-order valence-electron chi connectivity index (χ1n) is 7.18. The SMILES string of the molecule is CC(C)n1cc(NC(=O)c2cc3ccccc3cc2N)cn1. The van der Waals surface area contributed by atoms with Crippen LogP contribution in [-0.2, 0) is 0 Å². The fraction of sp³-hybridized carbons (Fsp3) is 0.176. The summed E-state index contributed by atoms with van der Waals surface area (Å²) in [6, 6.07) is 11.7. The van der Waals surface area contributed by atoms with Gasteiger partial charge in [0.05, 0.1) is 17.4 Å². The summed E-state index contributed by atoms with van der Waals surface area (Å²) in [6.45, 7) is 4.06. The Balaban J connectivity index is 1.89. The molecule has 0 saturated heterocycles. The fourth-order valence-corrected chi connectivity index (χ4v) is 2.34. The van der Waals surface area contributed by atoms with Crippen molar-refractivity contribution in [2.45, 2.75) is 19.9 Å². The van der Waals surface area contributed by atoms with Crippen molar-refractivity contribution in [2.24, 2.45) is 0 Å². The average molecular weight is 294 g/mol. The number of nitrogen functional groups attached to an aromatic ring is 1. The van der Waals surface area contributed by atoms with Crippen LogP contribution in [0, 0.1) is 0 Å². The molecule has 5 heteroatoms. The molecule has 112 valence electrons. The number of rotatable bonds is 3. The first kappa shape index (κ1) is 14.1. The van der Waals surface area contributed by atoms with E-state index in [1.807, 2.05) is 50.2 Å². The van der Waals surface area contributed by atoms with E-state index >= 15 is 0 Å². The second kappa shape index (κ2) is 5.52. The lowest BCUT2D eigenvalue weighted by atomic mass is 10.0. The van der Waals surface area contributed by atoms with Crippen LogP contribution in [0.15, 0.2) is 48.8 Å². The highest BCUT2D eigenvalue weighted by molar-refractivity contribution is 6.10. The molecule has 1 aromatic heterocycles. The largest absolute Gasteiger partial charge is 0.398 e. The van der Waals surface area contributed by atoms with Crippen molar-refractivity contribution in [1.29, 1.82) is 0 Å². The van der Waals surface area contributed by atoms with E-state index < -0.39 is 0 Å². The summed E-state index contributed by atoms with van der Waals surface area (Å²) < 4.78 is 1.79. The molecule has 0 aliphatic rings. The molecule has 0 saturated carbocycles. The highest BCUT2D eigenvalue weighted by atomic mass is 16.1. The van der Waals surface area contributed by atoms with Gasteiger partial charge in [0, 0.05) is 17.9 Å². The van der Waals surface area contributed by atoms with E-state index in [0.717, 1.165) is 10.8 Å². The number of carbonyl (C=O) groups is 1. The molecule has 0 atom stereocenters. The zero-order chi connectivity index (χ0) is 15.7. The molecule has 0 aliphatic heterocycles. The molecule has 0 radical (unpaired) electrons. The topological polar surface area (TPSA) is 72.9 Å². The highest BCUT2D eigenvalue weighted by Crippen LogP contribution is 2.23. The first-order valence-corrected chi connectivity index (χ1v) is 7.18. The van der Waals surface area contributed by atoms with Crippen molar-refractivity contribution < 1.29 is 4.79 Å². The van der Waals surface area contributed by atoms with Gasteiger partial charge < -0.3 is 11.1 Å². The molecule has 22 heavy (non-hydrogen) atoms. The predicted molar refractivity (Wildman–Crippen MR) is 88.9 cm³/mol.